The monoisotopic (exact) mass is 369 g/mol. The summed E-state index contributed by atoms with van der Waals surface area (Å²) in [6, 6.07) is 6.29. The second-order valence-electron chi connectivity index (χ2n) is 5.03. The Morgan fingerprint density at radius 3 is 2.95 bits per heavy atom. The van der Waals surface area contributed by atoms with Gasteiger partial charge in [-0.1, -0.05) is 6.92 Å². The van der Waals surface area contributed by atoms with Crippen LogP contribution < -0.4 is 5.32 Å². The molecule has 0 aromatic carbocycles. The minimum Gasteiger partial charge on any atom is -0.311 e. The number of aromatic nitrogens is 2. The number of thiophene rings is 1. The third kappa shape index (κ3) is 4.68. The van der Waals surface area contributed by atoms with Gasteiger partial charge in [-0.25, -0.2) is 4.68 Å². The summed E-state index contributed by atoms with van der Waals surface area (Å²) in [6.07, 6.45) is 5.04. The first-order chi connectivity index (χ1) is 10.1. The van der Waals surface area contributed by atoms with Gasteiger partial charge in [-0.3, -0.25) is 4.79 Å². The van der Waals surface area contributed by atoms with E-state index in [2.05, 4.69) is 46.3 Å². The normalized spacial score (nSPS) is 12.3. The lowest BCUT2D eigenvalue weighted by Gasteiger charge is -2.14. The van der Waals surface area contributed by atoms with E-state index in [0.29, 0.717) is 12.5 Å². The van der Waals surface area contributed by atoms with E-state index in [1.807, 2.05) is 16.8 Å². The minimum absolute atomic E-state index is 0.0516. The molecule has 1 N–H and O–H groups in total. The van der Waals surface area contributed by atoms with Crippen LogP contribution in [-0.4, -0.2) is 15.7 Å². The number of halogens is 1. The molecule has 0 aliphatic carbocycles. The Kier molecular flexibility index (Phi) is 5.99. The highest BCUT2D eigenvalue weighted by Crippen LogP contribution is 2.23. The SMILES string of the molecule is CCC(C)n1nccc1NC(=O)CCCc1ccc(Br)s1. The molecular weight excluding hydrogens is 350 g/mol. The number of rotatable bonds is 7. The average Bonchev–Trinajstić information content (AvgIpc) is 3.07. The molecule has 0 aliphatic heterocycles. The fourth-order valence-electron chi connectivity index (χ4n) is 2.05. The molecule has 1 unspecified atom stereocenters. The molecule has 0 fully saturated rings. The van der Waals surface area contributed by atoms with Gasteiger partial charge in [-0.15, -0.1) is 11.3 Å². The van der Waals surface area contributed by atoms with Crippen molar-refractivity contribution in [1.29, 1.82) is 0 Å². The van der Waals surface area contributed by atoms with E-state index in [-0.39, 0.29) is 5.91 Å². The third-order valence-corrected chi connectivity index (χ3v) is 5.09. The van der Waals surface area contributed by atoms with Crippen molar-refractivity contribution in [1.82, 2.24) is 9.78 Å². The van der Waals surface area contributed by atoms with Gasteiger partial charge in [0.1, 0.15) is 5.82 Å². The Labute approximate surface area is 137 Å². The Balaban J connectivity index is 1.81. The summed E-state index contributed by atoms with van der Waals surface area (Å²) in [5.41, 5.74) is 0. The summed E-state index contributed by atoms with van der Waals surface area (Å²) in [7, 11) is 0. The highest BCUT2D eigenvalue weighted by atomic mass is 79.9. The fourth-order valence-corrected chi connectivity index (χ4v) is 3.58. The van der Waals surface area contributed by atoms with Crippen molar-refractivity contribution >= 4 is 39.0 Å². The molecule has 114 valence electrons. The van der Waals surface area contributed by atoms with Crippen LogP contribution in [0.25, 0.3) is 0 Å². The van der Waals surface area contributed by atoms with Crippen LogP contribution in [0.4, 0.5) is 5.82 Å². The maximum atomic E-state index is 12.0. The molecule has 0 bridgehead atoms. The molecule has 4 nitrogen and oxygen atoms in total. The number of nitrogens with one attached hydrogen (secondary N) is 1. The number of nitrogens with zero attached hydrogens (tertiary/aromatic N) is 2. The lowest BCUT2D eigenvalue weighted by atomic mass is 10.2. The van der Waals surface area contributed by atoms with Gasteiger partial charge < -0.3 is 5.32 Å². The molecule has 2 aromatic rings. The Hall–Kier alpha value is -1.14. The van der Waals surface area contributed by atoms with Gasteiger partial charge in [0.15, 0.2) is 0 Å². The molecule has 0 spiro atoms. The predicted octanol–water partition coefficient (Wildman–Crippen LogP) is 4.64. The topological polar surface area (TPSA) is 46.9 Å². The van der Waals surface area contributed by atoms with Gasteiger partial charge in [0.05, 0.1) is 16.0 Å². The van der Waals surface area contributed by atoms with Crippen LogP contribution in [0.2, 0.25) is 0 Å². The zero-order valence-electron chi connectivity index (χ0n) is 12.3. The first-order valence-corrected chi connectivity index (χ1v) is 8.78. The number of aryl methyl sites for hydroxylation is 1. The van der Waals surface area contributed by atoms with Crippen LogP contribution in [-0.2, 0) is 11.2 Å². The van der Waals surface area contributed by atoms with E-state index in [0.717, 1.165) is 28.9 Å². The summed E-state index contributed by atoms with van der Waals surface area (Å²) >= 11 is 5.18. The molecule has 1 atom stereocenters. The highest BCUT2D eigenvalue weighted by molar-refractivity contribution is 9.11. The van der Waals surface area contributed by atoms with E-state index < -0.39 is 0 Å². The molecule has 0 radical (unpaired) electrons. The van der Waals surface area contributed by atoms with Crippen molar-refractivity contribution in [3.63, 3.8) is 0 Å². The third-order valence-electron chi connectivity index (χ3n) is 3.40. The van der Waals surface area contributed by atoms with E-state index in [4.69, 9.17) is 0 Å². The van der Waals surface area contributed by atoms with Crippen molar-refractivity contribution in [2.24, 2.45) is 0 Å². The molecule has 21 heavy (non-hydrogen) atoms. The largest absolute Gasteiger partial charge is 0.311 e. The number of anilines is 1. The van der Waals surface area contributed by atoms with Crippen molar-refractivity contribution in [3.8, 4) is 0 Å². The smallest absolute Gasteiger partial charge is 0.225 e. The van der Waals surface area contributed by atoms with E-state index in [9.17, 15) is 4.79 Å². The van der Waals surface area contributed by atoms with E-state index in [1.54, 1.807) is 17.5 Å². The molecule has 0 aliphatic rings. The van der Waals surface area contributed by atoms with Gasteiger partial charge in [0.2, 0.25) is 5.91 Å². The number of hydrogen-bond donors (Lipinski definition) is 1. The van der Waals surface area contributed by atoms with Gasteiger partial charge in [0.25, 0.3) is 0 Å². The summed E-state index contributed by atoms with van der Waals surface area (Å²) in [6.45, 7) is 4.20. The fraction of sp³-hybridized carbons (Fsp3) is 0.467. The summed E-state index contributed by atoms with van der Waals surface area (Å²) in [4.78, 5) is 13.3. The Morgan fingerprint density at radius 1 is 1.48 bits per heavy atom. The molecule has 6 heteroatoms. The first kappa shape index (κ1) is 16.2. The van der Waals surface area contributed by atoms with Gasteiger partial charge in [-0.2, -0.15) is 5.10 Å². The maximum absolute atomic E-state index is 12.0. The Bertz CT molecular complexity index is 593. The molecular formula is C15H20BrN3OS. The summed E-state index contributed by atoms with van der Waals surface area (Å²) < 4.78 is 3.01. The maximum Gasteiger partial charge on any atom is 0.225 e. The van der Waals surface area contributed by atoms with E-state index >= 15 is 0 Å². The molecule has 2 heterocycles. The standard InChI is InChI=1S/C15H20BrN3OS/c1-3-11(2)19-14(9-10-17-19)18-15(20)6-4-5-12-7-8-13(16)21-12/h7-11H,3-6H2,1-2H3,(H,18,20). The number of carbonyl (C=O) groups excluding carboxylic acids is 1. The Morgan fingerprint density at radius 2 is 2.29 bits per heavy atom. The summed E-state index contributed by atoms with van der Waals surface area (Å²) in [5, 5.41) is 7.22. The van der Waals surface area contributed by atoms with Gasteiger partial charge in [-0.05, 0) is 54.2 Å². The predicted molar refractivity (Wildman–Crippen MR) is 90.8 cm³/mol. The van der Waals surface area contributed by atoms with Crippen LogP contribution in [0.1, 0.15) is 44.0 Å². The first-order valence-electron chi connectivity index (χ1n) is 7.17. The number of carbonyl (C=O) groups is 1. The minimum atomic E-state index is 0.0516. The quantitative estimate of drug-likeness (QED) is 0.772. The van der Waals surface area contributed by atoms with Crippen molar-refractivity contribution in [2.75, 3.05) is 5.32 Å². The second-order valence-corrected chi connectivity index (χ2v) is 7.57. The van der Waals surface area contributed by atoms with Crippen LogP contribution in [0.3, 0.4) is 0 Å². The van der Waals surface area contributed by atoms with E-state index in [1.165, 1.54) is 4.88 Å². The molecule has 2 rings (SSSR count). The lowest BCUT2D eigenvalue weighted by molar-refractivity contribution is -0.116. The highest BCUT2D eigenvalue weighted by Gasteiger charge is 2.11. The van der Waals surface area contributed by atoms with Crippen LogP contribution >= 0.6 is 27.3 Å². The molecule has 0 saturated heterocycles. The summed E-state index contributed by atoms with van der Waals surface area (Å²) in [5.74, 6) is 0.837. The second kappa shape index (κ2) is 7.75. The zero-order chi connectivity index (χ0) is 15.2. The van der Waals surface area contributed by atoms with Crippen LogP contribution in [0.5, 0.6) is 0 Å². The molecule has 2 aromatic heterocycles. The van der Waals surface area contributed by atoms with Crippen molar-refractivity contribution < 1.29 is 4.79 Å². The zero-order valence-corrected chi connectivity index (χ0v) is 14.7. The van der Waals surface area contributed by atoms with Crippen molar-refractivity contribution in [3.05, 3.63) is 33.1 Å². The van der Waals surface area contributed by atoms with Crippen LogP contribution in [0, 0.1) is 0 Å². The molecule has 0 saturated carbocycles. The van der Waals surface area contributed by atoms with Crippen molar-refractivity contribution in [2.45, 2.75) is 45.6 Å². The molecule has 1 amide bonds. The number of hydrogen-bond acceptors (Lipinski definition) is 3. The lowest BCUT2D eigenvalue weighted by Crippen LogP contribution is -2.17. The average molecular weight is 370 g/mol. The van der Waals surface area contributed by atoms with Crippen LogP contribution in [0.15, 0.2) is 28.2 Å². The van der Waals surface area contributed by atoms with Gasteiger partial charge >= 0.3 is 0 Å². The van der Waals surface area contributed by atoms with Gasteiger partial charge in [0, 0.05) is 17.4 Å². The number of amides is 1.